The Morgan fingerprint density at radius 2 is 2.00 bits per heavy atom. The molecule has 0 aliphatic heterocycles. The van der Waals surface area contributed by atoms with Gasteiger partial charge in [0.2, 0.25) is 0 Å². The molecule has 3 heterocycles. The van der Waals surface area contributed by atoms with Crippen LogP contribution in [0.5, 0.6) is 0 Å². The van der Waals surface area contributed by atoms with Crippen molar-refractivity contribution in [2.24, 2.45) is 7.05 Å². The summed E-state index contributed by atoms with van der Waals surface area (Å²) in [6.45, 7) is 1.79. The zero-order valence-corrected chi connectivity index (χ0v) is 12.6. The first-order valence-corrected chi connectivity index (χ1v) is 7.11. The largest absolute Gasteiger partial charge is 0.477 e. The molecular weight excluding hydrogens is 294 g/mol. The van der Waals surface area contributed by atoms with Crippen molar-refractivity contribution in [3.8, 4) is 11.4 Å². The Kier molecular flexibility index (Phi) is 2.74. The normalized spacial score (nSPS) is 11.4. The van der Waals surface area contributed by atoms with Crippen molar-refractivity contribution in [3.05, 3.63) is 47.9 Å². The zero-order valence-electron chi connectivity index (χ0n) is 12.6. The third kappa shape index (κ3) is 1.92. The molecule has 4 aromatic rings. The van der Waals surface area contributed by atoms with Crippen LogP contribution in [0.15, 0.2) is 40.9 Å². The predicted molar refractivity (Wildman–Crippen MR) is 85.4 cm³/mol. The van der Waals surface area contributed by atoms with E-state index < -0.39 is 5.97 Å². The molecule has 0 amide bonds. The summed E-state index contributed by atoms with van der Waals surface area (Å²) in [6.07, 6.45) is 0. The van der Waals surface area contributed by atoms with E-state index in [1.165, 1.54) is 0 Å². The molecule has 0 saturated carbocycles. The Morgan fingerprint density at radius 3 is 2.70 bits per heavy atom. The number of carboxylic acid groups (broad SMARTS) is 1. The smallest absolute Gasteiger partial charge is 0.354 e. The topological polar surface area (TPSA) is 81.1 Å². The fourth-order valence-corrected chi connectivity index (χ4v) is 2.96. The molecule has 0 bridgehead atoms. The minimum Gasteiger partial charge on any atom is -0.477 e. The molecule has 23 heavy (non-hydrogen) atoms. The number of fused-ring (bicyclic) bond motifs is 3. The number of pyridine rings is 1. The van der Waals surface area contributed by atoms with E-state index in [2.05, 4.69) is 10.1 Å². The summed E-state index contributed by atoms with van der Waals surface area (Å²) >= 11 is 0. The SMILES string of the molecule is Cc1cc(-c2nc(C(=O)O)cc3c4ccccc4n(C)c23)no1. The number of rotatable bonds is 2. The first kappa shape index (κ1) is 13.5. The Bertz CT molecular complexity index is 1080. The minimum atomic E-state index is -1.07. The van der Waals surface area contributed by atoms with E-state index in [1.54, 1.807) is 19.1 Å². The van der Waals surface area contributed by atoms with Crippen LogP contribution in [0.4, 0.5) is 0 Å². The van der Waals surface area contributed by atoms with Crippen LogP contribution in [0.3, 0.4) is 0 Å². The molecule has 0 saturated heterocycles. The van der Waals surface area contributed by atoms with Gasteiger partial charge >= 0.3 is 5.97 Å². The Balaban J connectivity index is 2.21. The summed E-state index contributed by atoms with van der Waals surface area (Å²) in [6, 6.07) is 11.2. The number of nitrogens with zero attached hydrogens (tertiary/aromatic N) is 3. The Labute approximate surface area is 131 Å². The molecule has 0 radical (unpaired) electrons. The number of carboxylic acids is 1. The second-order valence-electron chi connectivity index (χ2n) is 5.46. The second-order valence-corrected chi connectivity index (χ2v) is 5.46. The van der Waals surface area contributed by atoms with Gasteiger partial charge in [-0.3, -0.25) is 0 Å². The highest BCUT2D eigenvalue weighted by atomic mass is 16.5. The van der Waals surface area contributed by atoms with Gasteiger partial charge in [-0.05, 0) is 19.1 Å². The van der Waals surface area contributed by atoms with Gasteiger partial charge in [0, 0.05) is 29.4 Å². The van der Waals surface area contributed by atoms with Crippen LogP contribution in [-0.2, 0) is 7.05 Å². The summed E-state index contributed by atoms with van der Waals surface area (Å²) in [5, 5.41) is 15.2. The molecule has 6 heteroatoms. The van der Waals surface area contributed by atoms with E-state index in [0.29, 0.717) is 17.1 Å². The lowest BCUT2D eigenvalue weighted by atomic mass is 10.1. The van der Waals surface area contributed by atoms with E-state index in [1.807, 2.05) is 35.9 Å². The van der Waals surface area contributed by atoms with Crippen molar-refractivity contribution in [1.82, 2.24) is 14.7 Å². The van der Waals surface area contributed by atoms with Crippen molar-refractivity contribution in [2.75, 3.05) is 0 Å². The van der Waals surface area contributed by atoms with Crippen molar-refractivity contribution in [3.63, 3.8) is 0 Å². The highest BCUT2D eigenvalue weighted by Gasteiger charge is 2.20. The fraction of sp³-hybridized carbons (Fsp3) is 0.118. The number of aromatic carboxylic acids is 1. The Hall–Kier alpha value is -3.15. The number of hydrogen-bond acceptors (Lipinski definition) is 4. The molecule has 1 aromatic carbocycles. The van der Waals surface area contributed by atoms with Gasteiger partial charge < -0.3 is 14.2 Å². The van der Waals surface area contributed by atoms with Gasteiger partial charge in [-0.25, -0.2) is 9.78 Å². The summed E-state index contributed by atoms with van der Waals surface area (Å²) in [5.74, 6) is -0.421. The molecular formula is C17H13N3O3. The summed E-state index contributed by atoms with van der Waals surface area (Å²) < 4.78 is 7.14. The van der Waals surface area contributed by atoms with Gasteiger partial charge in [-0.1, -0.05) is 23.4 Å². The third-order valence-electron chi connectivity index (χ3n) is 3.97. The standard InChI is InChI=1S/C17H13N3O3/c1-9-7-12(19-23-9)15-16-11(8-13(18-15)17(21)22)10-5-3-4-6-14(10)20(16)2/h3-8H,1-2H3,(H,21,22). The number of carbonyl (C=O) groups is 1. The van der Waals surface area contributed by atoms with E-state index in [4.69, 9.17) is 4.52 Å². The molecule has 0 spiro atoms. The maximum absolute atomic E-state index is 11.5. The van der Waals surface area contributed by atoms with E-state index in [0.717, 1.165) is 21.8 Å². The molecule has 0 fully saturated rings. The molecule has 0 atom stereocenters. The molecule has 0 aliphatic rings. The number of aryl methyl sites for hydroxylation is 2. The molecule has 114 valence electrons. The molecule has 6 nitrogen and oxygen atoms in total. The fourth-order valence-electron chi connectivity index (χ4n) is 2.96. The molecule has 4 rings (SSSR count). The number of benzene rings is 1. The van der Waals surface area contributed by atoms with Crippen LogP contribution < -0.4 is 0 Å². The van der Waals surface area contributed by atoms with Gasteiger partial charge in [-0.2, -0.15) is 0 Å². The quantitative estimate of drug-likeness (QED) is 0.614. The van der Waals surface area contributed by atoms with Crippen LogP contribution >= 0.6 is 0 Å². The number of hydrogen-bond donors (Lipinski definition) is 1. The maximum atomic E-state index is 11.5. The van der Waals surface area contributed by atoms with Crippen LogP contribution in [0, 0.1) is 6.92 Å². The van der Waals surface area contributed by atoms with E-state index in [-0.39, 0.29) is 5.69 Å². The van der Waals surface area contributed by atoms with Crippen molar-refractivity contribution in [1.29, 1.82) is 0 Å². The van der Waals surface area contributed by atoms with Crippen molar-refractivity contribution < 1.29 is 14.4 Å². The summed E-state index contributed by atoms with van der Waals surface area (Å²) in [7, 11) is 1.93. The maximum Gasteiger partial charge on any atom is 0.354 e. The molecule has 0 unspecified atom stereocenters. The highest BCUT2D eigenvalue weighted by Crippen LogP contribution is 2.34. The number of para-hydroxylation sites is 1. The van der Waals surface area contributed by atoms with Crippen LogP contribution in [-0.4, -0.2) is 25.8 Å². The second kappa shape index (κ2) is 4.67. The number of aromatic nitrogens is 3. The van der Waals surface area contributed by atoms with Gasteiger partial charge in [0.05, 0.1) is 5.52 Å². The summed E-state index contributed by atoms with van der Waals surface area (Å²) in [4.78, 5) is 15.8. The van der Waals surface area contributed by atoms with Crippen LogP contribution in [0.2, 0.25) is 0 Å². The lowest BCUT2D eigenvalue weighted by Gasteiger charge is -2.04. The first-order valence-electron chi connectivity index (χ1n) is 7.11. The summed E-state index contributed by atoms with van der Waals surface area (Å²) in [5.41, 5.74) is 2.87. The average Bonchev–Trinajstić information content (AvgIpc) is 3.10. The van der Waals surface area contributed by atoms with Gasteiger partial charge in [0.1, 0.15) is 22.8 Å². The van der Waals surface area contributed by atoms with E-state index in [9.17, 15) is 9.90 Å². The third-order valence-corrected chi connectivity index (χ3v) is 3.97. The average molecular weight is 307 g/mol. The monoisotopic (exact) mass is 307 g/mol. The van der Waals surface area contributed by atoms with Gasteiger partial charge in [0.25, 0.3) is 0 Å². The Morgan fingerprint density at radius 1 is 1.22 bits per heavy atom. The molecule has 3 aromatic heterocycles. The lowest BCUT2D eigenvalue weighted by Crippen LogP contribution is -2.03. The van der Waals surface area contributed by atoms with Crippen molar-refractivity contribution >= 4 is 27.8 Å². The van der Waals surface area contributed by atoms with Gasteiger partial charge in [0.15, 0.2) is 0 Å². The van der Waals surface area contributed by atoms with Crippen molar-refractivity contribution in [2.45, 2.75) is 6.92 Å². The van der Waals surface area contributed by atoms with E-state index >= 15 is 0 Å². The lowest BCUT2D eigenvalue weighted by molar-refractivity contribution is 0.0691. The predicted octanol–water partition coefficient (Wildman–Crippen LogP) is 3.39. The molecule has 0 aliphatic carbocycles. The minimum absolute atomic E-state index is 0.00972. The van der Waals surface area contributed by atoms with Gasteiger partial charge in [-0.15, -0.1) is 0 Å². The zero-order chi connectivity index (χ0) is 16.1. The van der Waals surface area contributed by atoms with Crippen LogP contribution in [0.25, 0.3) is 33.2 Å². The van der Waals surface area contributed by atoms with Crippen LogP contribution in [0.1, 0.15) is 16.2 Å². The first-order chi connectivity index (χ1) is 11.1. The highest BCUT2D eigenvalue weighted by molar-refractivity contribution is 6.13. The molecule has 1 N–H and O–H groups in total.